The Kier molecular flexibility index (Phi) is 3.70. The topological polar surface area (TPSA) is 68.9 Å². The molecule has 0 unspecified atom stereocenters. The molecular formula is C15H14N4OS. The van der Waals surface area contributed by atoms with E-state index in [2.05, 4.69) is 17.0 Å². The van der Waals surface area contributed by atoms with Gasteiger partial charge >= 0.3 is 0 Å². The van der Waals surface area contributed by atoms with Crippen LogP contribution in [0.1, 0.15) is 25.3 Å². The second kappa shape index (κ2) is 5.65. The van der Waals surface area contributed by atoms with Crippen LogP contribution < -0.4 is 0 Å². The molecule has 2 aliphatic heterocycles. The molecule has 0 saturated heterocycles. The van der Waals surface area contributed by atoms with Gasteiger partial charge in [-0.1, -0.05) is 37.3 Å². The van der Waals surface area contributed by atoms with Crippen molar-refractivity contribution < 1.29 is 4.79 Å². The summed E-state index contributed by atoms with van der Waals surface area (Å²) in [5.41, 5.74) is 1.14. The molecule has 0 spiro atoms. The van der Waals surface area contributed by atoms with Crippen LogP contribution in [0.15, 0.2) is 46.0 Å². The van der Waals surface area contributed by atoms with Crippen molar-refractivity contribution in [2.45, 2.75) is 19.8 Å². The first kappa shape index (κ1) is 13.8. The van der Waals surface area contributed by atoms with Gasteiger partial charge in [-0.3, -0.25) is 10.2 Å². The first-order chi connectivity index (χ1) is 10.2. The Bertz CT molecular complexity index is 691. The van der Waals surface area contributed by atoms with Gasteiger partial charge in [-0.05, 0) is 36.2 Å². The van der Waals surface area contributed by atoms with Crippen LogP contribution in [0.5, 0.6) is 0 Å². The van der Waals surface area contributed by atoms with E-state index < -0.39 is 0 Å². The van der Waals surface area contributed by atoms with Gasteiger partial charge in [0.15, 0.2) is 5.84 Å². The van der Waals surface area contributed by atoms with Crippen molar-refractivity contribution in [3.05, 3.63) is 41.5 Å². The molecule has 0 fully saturated rings. The predicted octanol–water partition coefficient (Wildman–Crippen LogP) is 3.11. The molecule has 6 heteroatoms. The zero-order valence-electron chi connectivity index (χ0n) is 11.5. The number of aliphatic imine (C=N–C) groups is 1. The molecule has 0 atom stereocenters. The largest absolute Gasteiger partial charge is 0.283 e. The van der Waals surface area contributed by atoms with Crippen LogP contribution in [-0.2, 0) is 4.79 Å². The predicted molar refractivity (Wildman–Crippen MR) is 86.4 cm³/mol. The van der Waals surface area contributed by atoms with Gasteiger partial charge < -0.3 is 0 Å². The Morgan fingerprint density at radius 2 is 2.10 bits per heavy atom. The van der Waals surface area contributed by atoms with E-state index >= 15 is 0 Å². The van der Waals surface area contributed by atoms with Crippen molar-refractivity contribution in [1.82, 2.24) is 5.01 Å². The van der Waals surface area contributed by atoms with Gasteiger partial charge in [0.1, 0.15) is 5.04 Å². The van der Waals surface area contributed by atoms with Crippen LogP contribution in [0.25, 0.3) is 6.08 Å². The number of nitrogens with one attached hydrogen (secondary N) is 1. The second-order valence-electron chi connectivity index (χ2n) is 4.67. The van der Waals surface area contributed by atoms with Crippen molar-refractivity contribution in [3.8, 4) is 0 Å². The zero-order chi connectivity index (χ0) is 14.8. The van der Waals surface area contributed by atoms with Crippen molar-refractivity contribution >= 4 is 39.8 Å². The standard InChI is InChI=1S/C15H14N4OS/c1-2-6-12-18-19-13(16)11(14(20)17-15(19)21-12)9-10-7-4-3-5-8-10/h3-5,7-9,16H,2,6H2,1H3. The number of nitrogens with zero attached hydrogens (tertiary/aromatic N) is 3. The second-order valence-corrected chi connectivity index (χ2v) is 5.71. The monoisotopic (exact) mass is 298 g/mol. The normalized spacial score (nSPS) is 19.7. The Balaban J connectivity index is 1.94. The smallest absolute Gasteiger partial charge is 0.282 e. The lowest BCUT2D eigenvalue weighted by molar-refractivity contribution is -0.114. The van der Waals surface area contributed by atoms with Gasteiger partial charge in [0.2, 0.25) is 5.17 Å². The summed E-state index contributed by atoms with van der Waals surface area (Å²) in [7, 11) is 0. The molecule has 106 valence electrons. The third kappa shape index (κ3) is 2.67. The molecule has 0 bridgehead atoms. The molecule has 1 aromatic rings. The molecule has 0 saturated carbocycles. The fourth-order valence-corrected chi connectivity index (χ4v) is 3.05. The number of carbonyl (C=O) groups is 1. The summed E-state index contributed by atoms with van der Waals surface area (Å²) < 4.78 is 0. The van der Waals surface area contributed by atoms with Crippen LogP contribution in [0.4, 0.5) is 0 Å². The van der Waals surface area contributed by atoms with E-state index in [1.54, 1.807) is 6.08 Å². The van der Waals surface area contributed by atoms with Crippen molar-refractivity contribution in [3.63, 3.8) is 0 Å². The van der Waals surface area contributed by atoms with E-state index in [-0.39, 0.29) is 17.3 Å². The number of fused-ring (bicyclic) bond motifs is 1. The fourth-order valence-electron chi connectivity index (χ4n) is 2.06. The summed E-state index contributed by atoms with van der Waals surface area (Å²) in [5, 5.41) is 15.4. The highest BCUT2D eigenvalue weighted by atomic mass is 32.2. The van der Waals surface area contributed by atoms with E-state index in [1.165, 1.54) is 16.8 Å². The van der Waals surface area contributed by atoms with Gasteiger partial charge in [-0.25, -0.2) is 0 Å². The van der Waals surface area contributed by atoms with E-state index in [1.807, 2.05) is 30.3 Å². The quantitative estimate of drug-likeness (QED) is 0.872. The molecular weight excluding hydrogens is 284 g/mol. The Morgan fingerprint density at radius 1 is 1.33 bits per heavy atom. The van der Waals surface area contributed by atoms with E-state index in [0.717, 1.165) is 23.4 Å². The number of benzene rings is 1. The van der Waals surface area contributed by atoms with E-state index in [9.17, 15) is 4.79 Å². The van der Waals surface area contributed by atoms with E-state index in [0.29, 0.717) is 5.17 Å². The maximum absolute atomic E-state index is 12.1. The minimum absolute atomic E-state index is 0.0902. The average Bonchev–Trinajstić information content (AvgIpc) is 2.88. The van der Waals surface area contributed by atoms with Gasteiger partial charge in [0.25, 0.3) is 5.91 Å². The number of hydrazone groups is 1. The van der Waals surface area contributed by atoms with Crippen LogP contribution in [-0.4, -0.2) is 27.0 Å². The highest BCUT2D eigenvalue weighted by molar-refractivity contribution is 8.26. The van der Waals surface area contributed by atoms with E-state index in [4.69, 9.17) is 5.41 Å². The number of amidine groups is 2. The molecule has 2 aliphatic rings. The number of thioether (sulfide) groups is 1. The molecule has 1 N–H and O–H groups in total. The maximum atomic E-state index is 12.1. The van der Waals surface area contributed by atoms with Gasteiger partial charge in [-0.15, -0.1) is 0 Å². The van der Waals surface area contributed by atoms with Crippen molar-refractivity contribution in [1.29, 1.82) is 5.41 Å². The summed E-state index contributed by atoms with van der Waals surface area (Å²) in [4.78, 5) is 16.2. The lowest BCUT2D eigenvalue weighted by Gasteiger charge is -2.20. The summed E-state index contributed by atoms with van der Waals surface area (Å²) in [6, 6.07) is 9.46. The number of hydrogen-bond donors (Lipinski definition) is 1. The lowest BCUT2D eigenvalue weighted by Crippen LogP contribution is -2.35. The lowest BCUT2D eigenvalue weighted by atomic mass is 10.1. The third-order valence-electron chi connectivity index (χ3n) is 3.07. The summed E-state index contributed by atoms with van der Waals surface area (Å²) in [6.45, 7) is 2.07. The molecule has 1 aromatic carbocycles. The molecule has 0 aliphatic carbocycles. The van der Waals surface area contributed by atoms with Crippen molar-refractivity contribution in [2.75, 3.05) is 0 Å². The summed E-state index contributed by atoms with van der Waals surface area (Å²) in [5.74, 6) is -0.289. The van der Waals surface area contributed by atoms with Crippen LogP contribution in [0.2, 0.25) is 0 Å². The number of carbonyl (C=O) groups excluding carboxylic acids is 1. The van der Waals surface area contributed by atoms with Crippen LogP contribution in [0, 0.1) is 5.41 Å². The molecule has 3 rings (SSSR count). The van der Waals surface area contributed by atoms with Gasteiger partial charge in [0, 0.05) is 0 Å². The van der Waals surface area contributed by atoms with Gasteiger partial charge in [-0.2, -0.15) is 15.1 Å². The van der Waals surface area contributed by atoms with Gasteiger partial charge in [0.05, 0.1) is 5.57 Å². The Hall–Kier alpha value is -2.21. The highest BCUT2D eigenvalue weighted by Crippen LogP contribution is 2.29. The third-order valence-corrected chi connectivity index (χ3v) is 4.04. The maximum Gasteiger partial charge on any atom is 0.283 e. The van der Waals surface area contributed by atoms with Crippen molar-refractivity contribution in [2.24, 2.45) is 10.1 Å². The minimum atomic E-state index is -0.379. The number of hydrogen-bond acceptors (Lipinski definition) is 4. The molecule has 0 radical (unpaired) electrons. The van der Waals surface area contributed by atoms with Crippen LogP contribution in [0.3, 0.4) is 0 Å². The Labute approximate surface area is 127 Å². The first-order valence-electron chi connectivity index (χ1n) is 6.73. The molecule has 1 amide bonds. The van der Waals surface area contributed by atoms with Crippen LogP contribution >= 0.6 is 11.8 Å². The number of rotatable bonds is 3. The first-order valence-corrected chi connectivity index (χ1v) is 7.55. The minimum Gasteiger partial charge on any atom is -0.282 e. The number of amides is 1. The molecule has 2 heterocycles. The highest BCUT2D eigenvalue weighted by Gasteiger charge is 2.35. The fraction of sp³-hybridized carbons (Fsp3) is 0.200. The Morgan fingerprint density at radius 3 is 2.81 bits per heavy atom. The SMILES string of the molecule is CCCC1=NN2C(=N)C(=Cc3ccccc3)C(=O)N=C2S1. The molecule has 5 nitrogen and oxygen atoms in total. The summed E-state index contributed by atoms with van der Waals surface area (Å²) in [6.07, 6.45) is 3.49. The summed E-state index contributed by atoms with van der Waals surface area (Å²) >= 11 is 1.37. The molecule has 0 aromatic heterocycles. The average molecular weight is 298 g/mol. The zero-order valence-corrected chi connectivity index (χ0v) is 12.4. The molecule has 21 heavy (non-hydrogen) atoms.